The van der Waals surface area contributed by atoms with Crippen molar-refractivity contribution in [1.82, 2.24) is 5.32 Å². The zero-order valence-corrected chi connectivity index (χ0v) is 13.0. The van der Waals surface area contributed by atoms with Gasteiger partial charge in [0.25, 0.3) is 0 Å². The molecule has 0 radical (unpaired) electrons. The van der Waals surface area contributed by atoms with Crippen LogP contribution in [0, 0.1) is 0 Å². The molecule has 2 nitrogen and oxygen atoms in total. The van der Waals surface area contributed by atoms with Crippen molar-refractivity contribution in [2.75, 3.05) is 13.7 Å². The molecule has 1 saturated heterocycles. The molecule has 1 fully saturated rings. The Morgan fingerprint density at radius 2 is 2.00 bits per heavy atom. The summed E-state index contributed by atoms with van der Waals surface area (Å²) >= 11 is 12.5. The van der Waals surface area contributed by atoms with Gasteiger partial charge in [0.2, 0.25) is 0 Å². The standard InChI is InChI=1S/C15H21Cl2NO/c1-15(8-3-4-9-19-15)14(18-2)10-11-12(16)6-5-7-13(11)17/h5-7,14,18H,3-4,8-10H2,1-2H3. The minimum atomic E-state index is -0.143. The Morgan fingerprint density at radius 1 is 1.32 bits per heavy atom. The van der Waals surface area contributed by atoms with E-state index < -0.39 is 0 Å². The summed E-state index contributed by atoms with van der Waals surface area (Å²) in [5.41, 5.74) is 0.857. The van der Waals surface area contributed by atoms with Crippen LogP contribution in [0.2, 0.25) is 10.0 Å². The number of hydrogen-bond donors (Lipinski definition) is 1. The van der Waals surface area contributed by atoms with E-state index in [4.69, 9.17) is 27.9 Å². The Morgan fingerprint density at radius 3 is 2.53 bits per heavy atom. The zero-order chi connectivity index (χ0) is 13.9. The van der Waals surface area contributed by atoms with Gasteiger partial charge in [-0.25, -0.2) is 0 Å². The highest BCUT2D eigenvalue weighted by molar-refractivity contribution is 6.36. The molecule has 0 amide bonds. The maximum absolute atomic E-state index is 6.26. The van der Waals surface area contributed by atoms with Crippen LogP contribution in [0.1, 0.15) is 31.7 Å². The Labute approximate surface area is 125 Å². The SMILES string of the molecule is CNC(Cc1c(Cl)cccc1Cl)C1(C)CCCCO1. The number of rotatable bonds is 4. The molecule has 1 aromatic rings. The second-order valence-electron chi connectivity index (χ2n) is 5.36. The minimum absolute atomic E-state index is 0.143. The van der Waals surface area contributed by atoms with E-state index in [2.05, 4.69) is 12.2 Å². The third-order valence-electron chi connectivity index (χ3n) is 4.05. The smallest absolute Gasteiger partial charge is 0.0809 e. The first kappa shape index (κ1) is 15.1. The number of likely N-dealkylation sites (N-methyl/N-ethyl adjacent to an activating group) is 1. The largest absolute Gasteiger partial charge is 0.374 e. The molecule has 2 atom stereocenters. The highest BCUT2D eigenvalue weighted by Crippen LogP contribution is 2.32. The van der Waals surface area contributed by atoms with Crippen molar-refractivity contribution >= 4 is 23.2 Å². The van der Waals surface area contributed by atoms with Gasteiger partial charge in [-0.15, -0.1) is 0 Å². The van der Waals surface area contributed by atoms with Gasteiger partial charge in [-0.3, -0.25) is 0 Å². The molecule has 106 valence electrons. The summed E-state index contributed by atoms with van der Waals surface area (Å²) in [4.78, 5) is 0. The van der Waals surface area contributed by atoms with E-state index in [1.165, 1.54) is 6.42 Å². The van der Waals surface area contributed by atoms with Crippen molar-refractivity contribution in [3.8, 4) is 0 Å². The summed E-state index contributed by atoms with van der Waals surface area (Å²) in [5, 5.41) is 4.83. The molecule has 0 aromatic heterocycles. The van der Waals surface area contributed by atoms with E-state index in [1.54, 1.807) is 0 Å². The van der Waals surface area contributed by atoms with Gasteiger partial charge in [-0.05, 0) is 57.4 Å². The Balaban J connectivity index is 2.19. The third kappa shape index (κ3) is 3.43. The van der Waals surface area contributed by atoms with Gasteiger partial charge in [-0.2, -0.15) is 0 Å². The molecule has 1 heterocycles. The predicted molar refractivity (Wildman–Crippen MR) is 81.2 cm³/mol. The van der Waals surface area contributed by atoms with Crippen LogP contribution in [0.3, 0.4) is 0 Å². The van der Waals surface area contributed by atoms with Gasteiger partial charge in [0, 0.05) is 22.7 Å². The Hall–Kier alpha value is -0.280. The van der Waals surface area contributed by atoms with Gasteiger partial charge in [0.1, 0.15) is 0 Å². The average Bonchev–Trinajstić information content (AvgIpc) is 2.39. The lowest BCUT2D eigenvalue weighted by molar-refractivity contribution is -0.0870. The molecule has 0 spiro atoms. The molecule has 2 unspecified atom stereocenters. The molecular formula is C15H21Cl2NO. The van der Waals surface area contributed by atoms with E-state index in [0.29, 0.717) is 0 Å². The van der Waals surface area contributed by atoms with Crippen LogP contribution in [0.25, 0.3) is 0 Å². The number of halogens is 2. The lowest BCUT2D eigenvalue weighted by Crippen LogP contribution is -2.52. The van der Waals surface area contributed by atoms with E-state index in [0.717, 1.165) is 41.5 Å². The van der Waals surface area contributed by atoms with Crippen LogP contribution in [-0.4, -0.2) is 25.3 Å². The second kappa shape index (κ2) is 6.45. The van der Waals surface area contributed by atoms with E-state index in [9.17, 15) is 0 Å². The highest BCUT2D eigenvalue weighted by atomic mass is 35.5. The fourth-order valence-corrected chi connectivity index (χ4v) is 3.34. The number of nitrogens with one attached hydrogen (secondary N) is 1. The molecule has 1 aliphatic heterocycles. The maximum atomic E-state index is 6.26. The molecule has 19 heavy (non-hydrogen) atoms. The number of benzene rings is 1. The summed E-state index contributed by atoms with van der Waals surface area (Å²) in [6.45, 7) is 3.02. The average molecular weight is 302 g/mol. The summed E-state index contributed by atoms with van der Waals surface area (Å²) in [6.07, 6.45) is 4.22. The highest BCUT2D eigenvalue weighted by Gasteiger charge is 2.36. The zero-order valence-electron chi connectivity index (χ0n) is 11.5. The van der Waals surface area contributed by atoms with Gasteiger partial charge < -0.3 is 10.1 Å². The van der Waals surface area contributed by atoms with E-state index >= 15 is 0 Å². The Bertz CT molecular complexity index is 410. The molecular weight excluding hydrogens is 281 g/mol. The van der Waals surface area contributed by atoms with E-state index in [1.807, 2.05) is 25.2 Å². The Kier molecular flexibility index (Phi) is 5.13. The van der Waals surface area contributed by atoms with Crippen LogP contribution in [0.4, 0.5) is 0 Å². The first-order chi connectivity index (χ1) is 9.07. The quantitative estimate of drug-likeness (QED) is 0.904. The summed E-state index contributed by atoms with van der Waals surface area (Å²) in [6, 6.07) is 5.87. The molecule has 1 aromatic carbocycles. The minimum Gasteiger partial charge on any atom is -0.374 e. The van der Waals surface area contributed by atoms with Crippen molar-refractivity contribution < 1.29 is 4.74 Å². The van der Waals surface area contributed by atoms with Gasteiger partial charge in [0.05, 0.1) is 5.60 Å². The monoisotopic (exact) mass is 301 g/mol. The van der Waals surface area contributed by atoms with Crippen LogP contribution in [0.15, 0.2) is 18.2 Å². The van der Waals surface area contributed by atoms with E-state index in [-0.39, 0.29) is 11.6 Å². The summed E-state index contributed by atoms with van der Waals surface area (Å²) in [7, 11) is 1.97. The number of ether oxygens (including phenoxy) is 1. The molecule has 4 heteroatoms. The maximum Gasteiger partial charge on any atom is 0.0809 e. The molecule has 1 N–H and O–H groups in total. The lowest BCUT2D eigenvalue weighted by atomic mass is 9.84. The predicted octanol–water partition coefficient (Wildman–Crippen LogP) is 4.08. The second-order valence-corrected chi connectivity index (χ2v) is 6.18. The molecule has 0 bridgehead atoms. The molecule has 0 saturated carbocycles. The van der Waals surface area contributed by atoms with Crippen LogP contribution >= 0.6 is 23.2 Å². The molecule has 2 rings (SSSR count). The van der Waals surface area contributed by atoms with Crippen LogP contribution < -0.4 is 5.32 Å². The fraction of sp³-hybridized carbons (Fsp3) is 0.600. The third-order valence-corrected chi connectivity index (χ3v) is 4.76. The van der Waals surface area contributed by atoms with Crippen molar-refractivity contribution in [2.24, 2.45) is 0 Å². The fourth-order valence-electron chi connectivity index (χ4n) is 2.79. The number of hydrogen-bond acceptors (Lipinski definition) is 2. The van der Waals surface area contributed by atoms with Gasteiger partial charge >= 0.3 is 0 Å². The van der Waals surface area contributed by atoms with Crippen molar-refractivity contribution in [2.45, 2.75) is 44.2 Å². The van der Waals surface area contributed by atoms with Crippen LogP contribution in [-0.2, 0) is 11.2 Å². The van der Waals surface area contributed by atoms with Crippen LogP contribution in [0.5, 0.6) is 0 Å². The first-order valence-electron chi connectivity index (χ1n) is 6.81. The first-order valence-corrected chi connectivity index (χ1v) is 7.56. The van der Waals surface area contributed by atoms with Gasteiger partial charge in [-0.1, -0.05) is 29.3 Å². The van der Waals surface area contributed by atoms with Crippen molar-refractivity contribution in [3.05, 3.63) is 33.8 Å². The summed E-state index contributed by atoms with van der Waals surface area (Å²) in [5.74, 6) is 0. The molecule has 1 aliphatic rings. The van der Waals surface area contributed by atoms with Crippen molar-refractivity contribution in [1.29, 1.82) is 0 Å². The molecule has 0 aliphatic carbocycles. The topological polar surface area (TPSA) is 21.3 Å². The van der Waals surface area contributed by atoms with Crippen molar-refractivity contribution in [3.63, 3.8) is 0 Å². The normalized spacial score (nSPS) is 25.3. The van der Waals surface area contributed by atoms with Gasteiger partial charge in [0.15, 0.2) is 0 Å². The summed E-state index contributed by atoms with van der Waals surface area (Å²) < 4.78 is 6.02. The lowest BCUT2D eigenvalue weighted by Gasteiger charge is -2.41.